The third kappa shape index (κ3) is 2.54. The average molecular weight is 391 g/mol. The van der Waals surface area contributed by atoms with Crippen LogP contribution in [-0.4, -0.2) is 57.6 Å². The lowest BCUT2D eigenvalue weighted by molar-refractivity contribution is -0.274. The number of ether oxygens (including phenoxy) is 2. The van der Waals surface area contributed by atoms with Gasteiger partial charge in [0, 0.05) is 11.8 Å². The molecule has 2 heterocycles. The fraction of sp³-hybridized carbons (Fsp3) is 0.526. The minimum Gasteiger partial charge on any atom is -0.508 e. The van der Waals surface area contributed by atoms with E-state index in [1.54, 1.807) is 12.1 Å². The summed E-state index contributed by atoms with van der Waals surface area (Å²) in [5.41, 5.74) is 0.690. The topological polar surface area (TPSA) is 134 Å². The third-order valence-corrected chi connectivity index (χ3v) is 6.21. The van der Waals surface area contributed by atoms with Crippen LogP contribution in [-0.2, 0) is 19.1 Å². The largest absolute Gasteiger partial charge is 0.508 e. The number of carbonyl (C=O) groups is 3. The van der Waals surface area contributed by atoms with Gasteiger partial charge in [-0.05, 0) is 30.5 Å². The van der Waals surface area contributed by atoms with Gasteiger partial charge in [-0.3, -0.25) is 9.59 Å². The number of hydrogen-bond donors (Lipinski definition) is 3. The lowest BCUT2D eigenvalue weighted by Gasteiger charge is -2.43. The van der Waals surface area contributed by atoms with Gasteiger partial charge in [0.2, 0.25) is 11.8 Å². The Bertz CT molecular complexity index is 824. The molecule has 1 aromatic carbocycles. The standard InChI is InChI=1S/C19H21NO8/c1-27-18(25)20-16(23)12-6-10(8-21)19(26)13(15(12)17(20)24)7-14(28-19)9-2-4-11(22)5-3-9/h2-5,10,12-15,21-22,26H,6-8H2,1H3/t10-,12+,13+,14+,15+,19-/m1/s1. The average Bonchev–Trinajstić information content (AvgIpc) is 3.15. The van der Waals surface area contributed by atoms with Crippen molar-refractivity contribution < 1.29 is 39.2 Å². The second-order valence-electron chi connectivity index (χ2n) is 7.52. The summed E-state index contributed by atoms with van der Waals surface area (Å²) in [5, 5.41) is 30.5. The number of rotatable bonds is 2. The van der Waals surface area contributed by atoms with E-state index in [9.17, 15) is 29.7 Å². The van der Waals surface area contributed by atoms with Gasteiger partial charge in [-0.25, -0.2) is 4.79 Å². The number of benzene rings is 1. The van der Waals surface area contributed by atoms with Crippen molar-refractivity contribution >= 4 is 17.9 Å². The Morgan fingerprint density at radius 1 is 1.25 bits per heavy atom. The second-order valence-corrected chi connectivity index (χ2v) is 7.52. The maximum atomic E-state index is 12.9. The lowest BCUT2D eigenvalue weighted by Crippen LogP contribution is -2.54. The van der Waals surface area contributed by atoms with Gasteiger partial charge in [0.15, 0.2) is 5.79 Å². The predicted molar refractivity (Wildman–Crippen MR) is 91.4 cm³/mol. The molecular formula is C19H21NO8. The summed E-state index contributed by atoms with van der Waals surface area (Å²) in [6, 6.07) is 6.27. The van der Waals surface area contributed by atoms with Gasteiger partial charge in [-0.2, -0.15) is 4.90 Å². The van der Waals surface area contributed by atoms with Crippen LogP contribution in [0.4, 0.5) is 4.79 Å². The molecular weight excluding hydrogens is 370 g/mol. The van der Waals surface area contributed by atoms with Crippen molar-refractivity contribution in [2.24, 2.45) is 23.7 Å². The number of likely N-dealkylation sites (tertiary alicyclic amines) is 1. The predicted octanol–water partition coefficient (Wildman–Crippen LogP) is 0.538. The van der Waals surface area contributed by atoms with Gasteiger partial charge in [-0.1, -0.05) is 12.1 Å². The molecule has 1 aliphatic carbocycles. The zero-order valence-electron chi connectivity index (χ0n) is 15.1. The molecule has 3 amide bonds. The SMILES string of the molecule is COC(=O)N1C(=O)[C@H]2[C@H](C[C@H](CO)[C@@]3(O)O[C@H](c4ccc(O)cc4)C[C@@H]23)C1=O. The van der Waals surface area contributed by atoms with Gasteiger partial charge in [0.1, 0.15) is 5.75 Å². The zero-order chi connectivity index (χ0) is 20.2. The number of nitrogens with zero attached hydrogens (tertiary/aromatic N) is 1. The Labute approximate surface area is 160 Å². The van der Waals surface area contributed by atoms with Crippen LogP contribution in [0.3, 0.4) is 0 Å². The van der Waals surface area contributed by atoms with E-state index in [4.69, 9.17) is 4.74 Å². The first-order valence-corrected chi connectivity index (χ1v) is 9.07. The van der Waals surface area contributed by atoms with Crippen LogP contribution in [0.2, 0.25) is 0 Å². The molecule has 0 bridgehead atoms. The van der Waals surface area contributed by atoms with E-state index in [1.165, 1.54) is 12.1 Å². The smallest absolute Gasteiger partial charge is 0.423 e. The summed E-state index contributed by atoms with van der Waals surface area (Å²) in [6.07, 6.45) is -1.39. The number of fused-ring (bicyclic) bond motifs is 3. The first-order valence-electron chi connectivity index (χ1n) is 9.07. The molecule has 1 aromatic rings. The number of phenols is 1. The first-order chi connectivity index (χ1) is 13.3. The van der Waals surface area contributed by atoms with Crippen molar-refractivity contribution in [1.29, 1.82) is 0 Å². The molecule has 2 saturated heterocycles. The second kappa shape index (κ2) is 6.54. The molecule has 9 nitrogen and oxygen atoms in total. The van der Waals surface area contributed by atoms with E-state index in [-0.39, 0.29) is 18.6 Å². The number of hydrogen-bond acceptors (Lipinski definition) is 8. The summed E-state index contributed by atoms with van der Waals surface area (Å²) in [7, 11) is 1.08. The molecule has 4 rings (SSSR count). The third-order valence-electron chi connectivity index (χ3n) is 6.21. The highest BCUT2D eigenvalue weighted by molar-refractivity contribution is 6.15. The molecule has 6 atom stereocenters. The Hall–Kier alpha value is -2.49. The van der Waals surface area contributed by atoms with Gasteiger partial charge < -0.3 is 24.8 Å². The van der Waals surface area contributed by atoms with Gasteiger partial charge >= 0.3 is 6.09 Å². The van der Waals surface area contributed by atoms with E-state index in [0.29, 0.717) is 10.5 Å². The van der Waals surface area contributed by atoms with Crippen molar-refractivity contribution in [2.45, 2.75) is 24.7 Å². The molecule has 3 aliphatic rings. The fourth-order valence-corrected chi connectivity index (χ4v) is 4.86. The highest BCUT2D eigenvalue weighted by Crippen LogP contribution is 2.58. The highest BCUT2D eigenvalue weighted by atomic mass is 16.6. The van der Waals surface area contributed by atoms with Gasteiger partial charge in [0.25, 0.3) is 0 Å². The Morgan fingerprint density at radius 3 is 2.54 bits per heavy atom. The normalized spacial score (nSPS) is 37.0. The number of aliphatic hydroxyl groups excluding tert-OH is 1. The lowest BCUT2D eigenvalue weighted by atomic mass is 9.64. The molecule has 3 N–H and O–H groups in total. The molecule has 0 radical (unpaired) electrons. The monoisotopic (exact) mass is 391 g/mol. The van der Waals surface area contributed by atoms with Crippen molar-refractivity contribution in [2.75, 3.05) is 13.7 Å². The van der Waals surface area contributed by atoms with Gasteiger partial charge in [0.05, 0.1) is 31.7 Å². The van der Waals surface area contributed by atoms with E-state index in [1.807, 2.05) is 0 Å². The van der Waals surface area contributed by atoms with Crippen LogP contribution >= 0.6 is 0 Å². The highest BCUT2D eigenvalue weighted by Gasteiger charge is 2.67. The van der Waals surface area contributed by atoms with Crippen LogP contribution in [0, 0.1) is 23.7 Å². The number of carbonyl (C=O) groups excluding carboxylic acids is 3. The number of imide groups is 3. The maximum Gasteiger partial charge on any atom is 0.423 e. The zero-order valence-corrected chi connectivity index (χ0v) is 15.1. The summed E-state index contributed by atoms with van der Waals surface area (Å²) in [4.78, 5) is 37.9. The van der Waals surface area contributed by atoms with Gasteiger partial charge in [-0.15, -0.1) is 0 Å². The van der Waals surface area contributed by atoms with E-state index < -0.39 is 60.1 Å². The van der Waals surface area contributed by atoms with E-state index >= 15 is 0 Å². The number of aromatic hydroxyl groups is 1. The fourth-order valence-electron chi connectivity index (χ4n) is 4.86. The van der Waals surface area contributed by atoms with E-state index in [2.05, 4.69) is 4.74 Å². The summed E-state index contributed by atoms with van der Waals surface area (Å²) >= 11 is 0. The molecule has 0 aromatic heterocycles. The van der Waals surface area contributed by atoms with E-state index in [0.717, 1.165) is 7.11 Å². The number of amides is 3. The molecule has 1 saturated carbocycles. The Morgan fingerprint density at radius 2 is 1.93 bits per heavy atom. The summed E-state index contributed by atoms with van der Waals surface area (Å²) in [5.74, 6) is -6.41. The summed E-state index contributed by atoms with van der Waals surface area (Å²) < 4.78 is 10.5. The van der Waals surface area contributed by atoms with Crippen LogP contribution in [0.15, 0.2) is 24.3 Å². The van der Waals surface area contributed by atoms with Crippen molar-refractivity contribution in [3.63, 3.8) is 0 Å². The number of methoxy groups -OCH3 is 1. The Kier molecular flexibility index (Phi) is 4.40. The van der Waals surface area contributed by atoms with Crippen LogP contribution < -0.4 is 0 Å². The van der Waals surface area contributed by atoms with Crippen LogP contribution in [0.5, 0.6) is 5.75 Å². The Balaban J connectivity index is 1.71. The molecule has 3 fully saturated rings. The van der Waals surface area contributed by atoms with Crippen molar-refractivity contribution in [3.8, 4) is 5.75 Å². The summed E-state index contributed by atoms with van der Waals surface area (Å²) in [6.45, 7) is -0.432. The quantitative estimate of drug-likeness (QED) is 0.622. The number of aliphatic hydroxyl groups is 2. The molecule has 150 valence electrons. The molecule has 9 heteroatoms. The van der Waals surface area contributed by atoms with Crippen LogP contribution in [0.25, 0.3) is 0 Å². The maximum absolute atomic E-state index is 12.9. The molecule has 0 unspecified atom stereocenters. The minimum absolute atomic E-state index is 0.0224. The molecule has 0 spiro atoms. The first kappa shape index (κ1) is 18.9. The number of phenolic OH excluding ortho intramolecular Hbond substituents is 1. The van der Waals surface area contributed by atoms with Crippen LogP contribution in [0.1, 0.15) is 24.5 Å². The molecule has 2 aliphatic heterocycles. The molecule has 28 heavy (non-hydrogen) atoms. The van der Waals surface area contributed by atoms with Crippen molar-refractivity contribution in [3.05, 3.63) is 29.8 Å². The van der Waals surface area contributed by atoms with Crippen molar-refractivity contribution in [1.82, 2.24) is 4.90 Å². The minimum atomic E-state index is -1.81.